The molecule has 2 saturated heterocycles. The highest BCUT2D eigenvalue weighted by Gasteiger charge is 2.53. The zero-order valence-corrected chi connectivity index (χ0v) is 40.1. The number of ether oxygens (including phenoxy) is 3. The number of amides is 1. The molecule has 15 atom stereocenters. The van der Waals surface area contributed by atoms with Gasteiger partial charge >= 0.3 is 5.97 Å². The molecule has 5 N–H and O–H groups in total. The average molecular weight is 914 g/mol. The number of esters is 1. The lowest BCUT2D eigenvalue weighted by Crippen LogP contribution is -2.61. The van der Waals surface area contributed by atoms with E-state index in [2.05, 4.69) is 0 Å². The molecule has 14 heteroatoms. The number of methoxy groups -OCH3 is 1. The fourth-order valence-corrected chi connectivity index (χ4v) is 10.3. The molecule has 2 bridgehead atoms. The maximum absolute atomic E-state index is 14.3. The number of piperidine rings is 1. The molecule has 3 fully saturated rings. The minimum absolute atomic E-state index is 0.0117. The predicted octanol–water partition coefficient (Wildman–Crippen LogP) is 5.37. The van der Waals surface area contributed by atoms with Crippen LogP contribution in [0.3, 0.4) is 0 Å². The molecule has 1 unspecified atom stereocenters. The molecule has 366 valence electrons. The van der Waals surface area contributed by atoms with Gasteiger partial charge in [-0.05, 0) is 107 Å². The van der Waals surface area contributed by atoms with E-state index in [1.165, 1.54) is 4.90 Å². The highest BCUT2D eigenvalue weighted by atomic mass is 16.6. The van der Waals surface area contributed by atoms with Crippen molar-refractivity contribution < 1.29 is 63.7 Å². The first-order chi connectivity index (χ1) is 30.7. The summed E-state index contributed by atoms with van der Waals surface area (Å²) in [5.74, 6) is -9.71. The molecule has 3 aliphatic heterocycles. The maximum atomic E-state index is 14.3. The second-order valence-electron chi connectivity index (χ2n) is 19.9. The van der Waals surface area contributed by atoms with Gasteiger partial charge in [-0.1, -0.05) is 71.1 Å². The van der Waals surface area contributed by atoms with Crippen molar-refractivity contribution >= 4 is 29.2 Å². The van der Waals surface area contributed by atoms with Crippen molar-refractivity contribution in [1.29, 1.82) is 0 Å². The third kappa shape index (κ3) is 14.3. The van der Waals surface area contributed by atoms with Crippen molar-refractivity contribution in [2.45, 2.75) is 168 Å². The molecule has 4 rings (SSSR count). The molecular weight excluding hydrogens is 835 g/mol. The van der Waals surface area contributed by atoms with E-state index in [0.717, 1.165) is 5.57 Å². The molecular formula is C51H79NO13. The Morgan fingerprint density at radius 3 is 2.28 bits per heavy atom. The van der Waals surface area contributed by atoms with Crippen LogP contribution in [0.1, 0.15) is 126 Å². The van der Waals surface area contributed by atoms with Gasteiger partial charge in [0.25, 0.3) is 11.7 Å². The van der Waals surface area contributed by atoms with E-state index in [-0.39, 0.29) is 61.2 Å². The van der Waals surface area contributed by atoms with Crippen molar-refractivity contribution in [3.8, 4) is 0 Å². The van der Waals surface area contributed by atoms with Gasteiger partial charge in [0.05, 0.1) is 36.9 Å². The van der Waals surface area contributed by atoms with E-state index < -0.39 is 90.3 Å². The lowest BCUT2D eigenvalue weighted by atomic mass is 9.75. The van der Waals surface area contributed by atoms with Crippen molar-refractivity contribution in [1.82, 2.24) is 4.90 Å². The summed E-state index contributed by atoms with van der Waals surface area (Å²) in [6.45, 7) is 11.8. The van der Waals surface area contributed by atoms with Gasteiger partial charge in [-0.3, -0.25) is 19.2 Å². The maximum Gasteiger partial charge on any atom is 0.329 e. The summed E-state index contributed by atoms with van der Waals surface area (Å²) < 4.78 is 18.2. The van der Waals surface area contributed by atoms with Crippen LogP contribution in [0.2, 0.25) is 0 Å². The Kier molecular flexibility index (Phi) is 21.0. The number of hydrogen-bond donors (Lipinski definition) is 5. The largest absolute Gasteiger partial charge is 0.460 e. The fraction of sp³-hybridized carbons (Fsp3) is 0.745. The molecule has 0 spiro atoms. The SMILES string of the molecule is CO[C@H]1C[C@@H]2CC[C@@H](C)[C@](O)(O2)C(=O)C(=O)N2CCCC[C@H]2C(=O)O[C@H]([C@H](C)CC2CC[C@@H](O)[C@H](CO)C2)CC(=O)[C@H](C)/C=C(\C)[C@@H](O)[C@@H](CO)C(=O)[C@H](C)C[C@H](C)/C=C/C=CC=C1C. The summed E-state index contributed by atoms with van der Waals surface area (Å²) in [5, 5.41) is 54.0. The first-order valence-corrected chi connectivity index (χ1v) is 24.1. The third-order valence-corrected chi connectivity index (χ3v) is 14.7. The second-order valence-corrected chi connectivity index (χ2v) is 19.9. The smallest absolute Gasteiger partial charge is 0.329 e. The number of cyclic esters (lactones) is 1. The van der Waals surface area contributed by atoms with Crippen LogP contribution >= 0.6 is 0 Å². The van der Waals surface area contributed by atoms with Gasteiger partial charge in [-0.2, -0.15) is 0 Å². The fourth-order valence-electron chi connectivity index (χ4n) is 10.3. The van der Waals surface area contributed by atoms with Gasteiger partial charge in [-0.25, -0.2) is 4.79 Å². The summed E-state index contributed by atoms with van der Waals surface area (Å²) in [4.78, 5) is 71.6. The van der Waals surface area contributed by atoms with Crippen LogP contribution in [0.25, 0.3) is 0 Å². The van der Waals surface area contributed by atoms with Crippen molar-refractivity contribution in [2.75, 3.05) is 26.9 Å². The van der Waals surface area contributed by atoms with Crippen LogP contribution in [-0.4, -0.2) is 129 Å². The third-order valence-electron chi connectivity index (χ3n) is 14.7. The first kappa shape index (κ1) is 54.2. The number of aliphatic hydroxyl groups is 5. The summed E-state index contributed by atoms with van der Waals surface area (Å²) >= 11 is 0. The highest BCUT2D eigenvalue weighted by molar-refractivity contribution is 6.39. The van der Waals surface area contributed by atoms with Crippen molar-refractivity contribution in [3.63, 3.8) is 0 Å². The molecule has 65 heavy (non-hydrogen) atoms. The number of aliphatic hydroxyl groups excluding tert-OH is 4. The van der Waals surface area contributed by atoms with Crippen LogP contribution in [0.4, 0.5) is 0 Å². The quantitative estimate of drug-likeness (QED) is 0.129. The van der Waals surface area contributed by atoms with Crippen LogP contribution in [-0.2, 0) is 38.2 Å². The number of carbonyl (C=O) groups is 5. The van der Waals surface area contributed by atoms with Gasteiger partial charge in [0.15, 0.2) is 0 Å². The number of hydrogen-bond acceptors (Lipinski definition) is 13. The Balaban J connectivity index is 1.70. The number of carbonyl (C=O) groups excluding carboxylic acids is 5. The molecule has 4 aliphatic rings. The average Bonchev–Trinajstić information content (AvgIpc) is 3.28. The zero-order chi connectivity index (χ0) is 48.2. The van der Waals surface area contributed by atoms with E-state index in [1.54, 1.807) is 40.9 Å². The molecule has 1 saturated carbocycles. The number of ketones is 3. The van der Waals surface area contributed by atoms with Gasteiger partial charge in [-0.15, -0.1) is 0 Å². The van der Waals surface area contributed by atoms with Gasteiger partial charge in [0.1, 0.15) is 23.7 Å². The van der Waals surface area contributed by atoms with Gasteiger partial charge < -0.3 is 44.6 Å². The molecule has 3 heterocycles. The van der Waals surface area contributed by atoms with Crippen LogP contribution in [0.5, 0.6) is 0 Å². The molecule has 0 aromatic heterocycles. The number of Topliss-reactive ketones (excluding diaryl/α,β-unsaturated/α-hetero) is 3. The molecule has 0 radical (unpaired) electrons. The zero-order valence-electron chi connectivity index (χ0n) is 40.1. The summed E-state index contributed by atoms with van der Waals surface area (Å²) in [6, 6.07) is -1.16. The Morgan fingerprint density at radius 2 is 1.60 bits per heavy atom. The Labute approximate surface area is 386 Å². The summed E-state index contributed by atoms with van der Waals surface area (Å²) in [5.41, 5.74) is 1.21. The van der Waals surface area contributed by atoms with Crippen molar-refractivity contribution in [2.24, 2.45) is 47.3 Å². The number of rotatable bonds is 6. The predicted molar refractivity (Wildman–Crippen MR) is 245 cm³/mol. The number of nitrogens with zero attached hydrogens (tertiary/aromatic N) is 1. The van der Waals surface area contributed by atoms with E-state index in [0.29, 0.717) is 69.8 Å². The minimum atomic E-state index is -2.44. The Morgan fingerprint density at radius 1 is 0.877 bits per heavy atom. The van der Waals surface area contributed by atoms with E-state index >= 15 is 0 Å². The standard InChI is InChI=1S/C51H79NO13/c1-30-14-10-9-11-15-31(2)44(63-8)26-39-19-17-36(7)51(62,65-39)48(59)49(60)52-21-13-12-16-41(52)50(61)64-45(33(4)24-37-18-20-42(55)38(25-37)28-53)27-43(56)32(3)23-35(6)47(58)40(29-54)46(57)34(5)22-30/h9-11,14-15,23,30,32-34,36-42,44-45,47,53-55,58,62H,12-13,16-22,24-29H2,1-8H3/b11-9?,14-10+,31-15?,35-23+/t30-,32-,33-,34-,36-,37?,38+,39+,40+,41+,42-,44+,45+,47-,51+/m1/s1. The number of allylic oxidation sites excluding steroid dienone is 6. The molecule has 1 aliphatic carbocycles. The van der Waals surface area contributed by atoms with Gasteiger partial charge in [0, 0.05) is 56.8 Å². The second kappa shape index (κ2) is 25.1. The number of fused-ring (bicyclic) bond motifs is 3. The van der Waals surface area contributed by atoms with Crippen LogP contribution in [0, 0.1) is 47.3 Å². The Bertz CT molecular complexity index is 1760. The van der Waals surface area contributed by atoms with Gasteiger partial charge in [0.2, 0.25) is 5.79 Å². The highest BCUT2D eigenvalue weighted by Crippen LogP contribution is 2.38. The Hall–Kier alpha value is -3.37. The normalized spacial score (nSPS) is 39.1. The van der Waals surface area contributed by atoms with E-state index in [1.807, 2.05) is 51.2 Å². The minimum Gasteiger partial charge on any atom is -0.460 e. The first-order valence-electron chi connectivity index (χ1n) is 24.1. The summed E-state index contributed by atoms with van der Waals surface area (Å²) in [6.07, 6.45) is 12.1. The molecule has 14 nitrogen and oxygen atoms in total. The lowest BCUT2D eigenvalue weighted by molar-refractivity contribution is -0.265. The monoisotopic (exact) mass is 914 g/mol. The topological polar surface area (TPSA) is 217 Å². The lowest BCUT2D eigenvalue weighted by Gasteiger charge is -2.42. The summed E-state index contributed by atoms with van der Waals surface area (Å²) in [7, 11) is 1.57. The van der Waals surface area contributed by atoms with E-state index in [4.69, 9.17) is 14.2 Å². The molecule has 1 amide bonds. The molecule has 0 aromatic rings. The van der Waals surface area contributed by atoms with Crippen LogP contribution in [0.15, 0.2) is 47.6 Å². The van der Waals surface area contributed by atoms with Crippen LogP contribution < -0.4 is 0 Å². The van der Waals surface area contributed by atoms with Crippen molar-refractivity contribution in [3.05, 3.63) is 47.6 Å². The van der Waals surface area contributed by atoms with E-state index in [9.17, 15) is 49.5 Å². The molecule has 0 aromatic carbocycles.